The molecule has 1 atom stereocenters. The molecule has 2 saturated heterocycles. The molecule has 0 aliphatic carbocycles. The molecule has 1 aromatic rings. The highest BCUT2D eigenvalue weighted by Gasteiger charge is 2.32. The summed E-state index contributed by atoms with van der Waals surface area (Å²) < 4.78 is 30.9. The number of hydrogen-bond acceptors (Lipinski definition) is 4. The minimum Gasteiger partial charge on any atom is -0.616 e. The average molecular weight is 326 g/mol. The third-order valence-electron chi connectivity index (χ3n) is 4.26. The number of rotatable bonds is 3. The Morgan fingerprint density at radius 1 is 1.41 bits per heavy atom. The Balaban J connectivity index is 1.76. The van der Waals surface area contributed by atoms with Gasteiger partial charge in [-0.3, -0.25) is 4.90 Å². The minimum atomic E-state index is -0.761. The summed E-state index contributed by atoms with van der Waals surface area (Å²) in [6, 6.07) is 4.85. The second-order valence-corrected chi connectivity index (χ2v) is 7.38. The van der Waals surface area contributed by atoms with E-state index in [-0.39, 0.29) is 24.4 Å². The fourth-order valence-electron chi connectivity index (χ4n) is 2.97. The minimum absolute atomic E-state index is 0.106. The molecule has 0 radical (unpaired) electrons. The molecule has 5 nitrogen and oxygen atoms in total. The van der Waals surface area contributed by atoms with Gasteiger partial charge in [-0.05, 0) is 36.5 Å². The Morgan fingerprint density at radius 3 is 2.73 bits per heavy atom. The van der Waals surface area contributed by atoms with Crippen LogP contribution in [0.5, 0.6) is 0 Å². The SMILES string of the molecule is NC[C@H]1CN(c2ccc([C@H]3CC[S@@+]([O-])CC3)c(F)c2)C(=O)O1. The fraction of sp³-hybridized carbons (Fsp3) is 0.533. The molecular weight excluding hydrogens is 307 g/mol. The molecule has 0 unspecified atom stereocenters. The van der Waals surface area contributed by atoms with Crippen LogP contribution < -0.4 is 10.6 Å². The fourth-order valence-corrected chi connectivity index (χ4v) is 4.27. The summed E-state index contributed by atoms with van der Waals surface area (Å²) in [4.78, 5) is 13.2. The summed E-state index contributed by atoms with van der Waals surface area (Å²) >= 11 is -0.761. The van der Waals surface area contributed by atoms with Crippen LogP contribution in [0.25, 0.3) is 0 Å². The number of halogens is 1. The van der Waals surface area contributed by atoms with Gasteiger partial charge in [0.25, 0.3) is 0 Å². The van der Waals surface area contributed by atoms with Gasteiger partial charge in [0.2, 0.25) is 0 Å². The maximum absolute atomic E-state index is 14.4. The molecule has 2 aliphatic heterocycles. The van der Waals surface area contributed by atoms with Crippen molar-refractivity contribution >= 4 is 23.0 Å². The van der Waals surface area contributed by atoms with Gasteiger partial charge in [0.15, 0.2) is 0 Å². The second-order valence-electron chi connectivity index (χ2n) is 5.68. The molecule has 7 heteroatoms. The third-order valence-corrected chi connectivity index (χ3v) is 5.64. The molecule has 0 saturated carbocycles. The van der Waals surface area contributed by atoms with Crippen LogP contribution in [0.2, 0.25) is 0 Å². The number of ether oxygens (including phenoxy) is 1. The molecule has 2 fully saturated rings. The van der Waals surface area contributed by atoms with Gasteiger partial charge in [0.05, 0.1) is 12.2 Å². The van der Waals surface area contributed by atoms with Gasteiger partial charge in [0, 0.05) is 6.54 Å². The molecule has 0 aromatic heterocycles. The number of cyclic esters (lactones) is 1. The summed E-state index contributed by atoms with van der Waals surface area (Å²) in [6.07, 6.45) is 0.646. The van der Waals surface area contributed by atoms with E-state index in [1.165, 1.54) is 11.0 Å². The molecule has 2 N–H and O–H groups in total. The molecule has 1 amide bonds. The van der Waals surface area contributed by atoms with Crippen LogP contribution in [0.3, 0.4) is 0 Å². The normalized spacial score (nSPS) is 28.8. The van der Waals surface area contributed by atoms with E-state index in [2.05, 4.69) is 0 Å². The van der Waals surface area contributed by atoms with Gasteiger partial charge >= 0.3 is 6.09 Å². The van der Waals surface area contributed by atoms with E-state index in [1.807, 2.05) is 0 Å². The summed E-state index contributed by atoms with van der Waals surface area (Å²) in [6.45, 7) is 0.596. The smallest absolute Gasteiger partial charge is 0.414 e. The lowest BCUT2D eigenvalue weighted by Crippen LogP contribution is -2.27. The predicted molar refractivity (Wildman–Crippen MR) is 82.9 cm³/mol. The molecule has 22 heavy (non-hydrogen) atoms. The number of carbonyl (C=O) groups excluding carboxylic acids is 1. The van der Waals surface area contributed by atoms with Crippen molar-refractivity contribution in [1.82, 2.24) is 0 Å². The number of anilines is 1. The highest BCUT2D eigenvalue weighted by Crippen LogP contribution is 2.33. The quantitative estimate of drug-likeness (QED) is 0.858. The maximum atomic E-state index is 14.4. The molecule has 3 rings (SSSR count). The Bertz CT molecular complexity index is 564. The van der Waals surface area contributed by atoms with Crippen molar-refractivity contribution in [3.05, 3.63) is 29.6 Å². The zero-order valence-corrected chi connectivity index (χ0v) is 13.0. The lowest BCUT2D eigenvalue weighted by atomic mass is 9.93. The molecule has 1 aromatic carbocycles. The molecule has 120 valence electrons. The molecule has 2 heterocycles. The van der Waals surface area contributed by atoms with Gasteiger partial charge in [-0.1, -0.05) is 17.2 Å². The van der Waals surface area contributed by atoms with Gasteiger partial charge in [-0.25, -0.2) is 9.18 Å². The first kappa shape index (κ1) is 15.6. The standard InChI is InChI=1S/C15H19FN2O3S/c16-14-7-11(18-9-12(8-17)21-15(18)19)1-2-13(14)10-3-5-22(20)6-4-10/h1-2,7,10,12H,3-6,8-9,17H2/t10-,12-,22+/m0/s1. The first-order valence-corrected chi connectivity index (χ1v) is 8.90. The maximum Gasteiger partial charge on any atom is 0.414 e. The van der Waals surface area contributed by atoms with Crippen LogP contribution in [0.15, 0.2) is 18.2 Å². The van der Waals surface area contributed by atoms with E-state index in [0.29, 0.717) is 29.3 Å². The van der Waals surface area contributed by atoms with Crippen LogP contribution in [-0.4, -0.2) is 41.3 Å². The third kappa shape index (κ3) is 3.06. The van der Waals surface area contributed by atoms with E-state index in [9.17, 15) is 13.7 Å². The number of nitrogens with zero attached hydrogens (tertiary/aromatic N) is 1. The van der Waals surface area contributed by atoms with Crippen molar-refractivity contribution in [1.29, 1.82) is 0 Å². The van der Waals surface area contributed by atoms with E-state index in [4.69, 9.17) is 10.5 Å². The Hall–Kier alpha value is -1.31. The molecule has 0 bridgehead atoms. The van der Waals surface area contributed by atoms with Gasteiger partial charge in [-0.2, -0.15) is 0 Å². The first-order valence-electron chi connectivity index (χ1n) is 7.41. The van der Waals surface area contributed by atoms with E-state index in [1.54, 1.807) is 12.1 Å². The topological polar surface area (TPSA) is 78.6 Å². The summed E-state index contributed by atoms with van der Waals surface area (Å²) in [7, 11) is 0. The van der Waals surface area contributed by atoms with Gasteiger partial charge < -0.3 is 15.0 Å². The second kappa shape index (κ2) is 6.44. The van der Waals surface area contributed by atoms with Crippen LogP contribution >= 0.6 is 0 Å². The Labute approximate surface area is 131 Å². The highest BCUT2D eigenvalue weighted by atomic mass is 32.2. The number of nitrogens with two attached hydrogens (primary N) is 1. The van der Waals surface area contributed by atoms with Gasteiger partial charge in [-0.15, -0.1) is 0 Å². The average Bonchev–Trinajstić information content (AvgIpc) is 2.89. The highest BCUT2D eigenvalue weighted by molar-refractivity contribution is 7.91. The van der Waals surface area contributed by atoms with Crippen molar-refractivity contribution in [3.63, 3.8) is 0 Å². The van der Waals surface area contributed by atoms with E-state index < -0.39 is 17.3 Å². The summed E-state index contributed by atoms with van der Waals surface area (Å²) in [5, 5.41) is 0. The molecular formula is C15H19FN2O3S. The lowest BCUT2D eigenvalue weighted by molar-refractivity contribution is 0.145. The largest absolute Gasteiger partial charge is 0.616 e. The number of hydrogen-bond donors (Lipinski definition) is 1. The van der Waals surface area contributed by atoms with Crippen molar-refractivity contribution in [2.24, 2.45) is 5.73 Å². The first-order chi connectivity index (χ1) is 10.6. The van der Waals surface area contributed by atoms with E-state index >= 15 is 0 Å². The van der Waals surface area contributed by atoms with Gasteiger partial charge in [0.1, 0.15) is 23.4 Å². The van der Waals surface area contributed by atoms with E-state index in [0.717, 1.165) is 12.8 Å². The number of carbonyl (C=O) groups is 1. The van der Waals surface area contributed by atoms with Crippen LogP contribution in [0, 0.1) is 5.82 Å². The molecule has 0 spiro atoms. The lowest BCUT2D eigenvalue weighted by Gasteiger charge is -2.25. The van der Waals surface area contributed by atoms with Crippen molar-refractivity contribution in [2.45, 2.75) is 24.9 Å². The van der Waals surface area contributed by atoms with Crippen LogP contribution in [0.1, 0.15) is 24.3 Å². The zero-order chi connectivity index (χ0) is 15.7. The van der Waals surface area contributed by atoms with Crippen LogP contribution in [0.4, 0.5) is 14.9 Å². The monoisotopic (exact) mass is 326 g/mol. The van der Waals surface area contributed by atoms with Crippen LogP contribution in [-0.2, 0) is 15.9 Å². The summed E-state index contributed by atoms with van der Waals surface area (Å²) in [5.41, 5.74) is 6.63. The summed E-state index contributed by atoms with van der Waals surface area (Å²) in [5.74, 6) is 1.04. The Kier molecular flexibility index (Phi) is 4.56. The molecule has 2 aliphatic rings. The van der Waals surface area contributed by atoms with Crippen molar-refractivity contribution in [2.75, 3.05) is 29.5 Å². The number of amides is 1. The zero-order valence-electron chi connectivity index (χ0n) is 12.2. The predicted octanol–water partition coefficient (Wildman–Crippen LogP) is 1.74. The van der Waals surface area contributed by atoms with Crippen molar-refractivity contribution in [3.8, 4) is 0 Å². The van der Waals surface area contributed by atoms with Crippen molar-refractivity contribution < 1.29 is 18.5 Å². The number of benzene rings is 1. The Morgan fingerprint density at radius 2 is 2.14 bits per heavy atom.